The molecule has 0 aliphatic carbocycles. The van der Waals surface area contributed by atoms with Crippen molar-refractivity contribution in [1.82, 2.24) is 24.3 Å². The first-order valence-corrected chi connectivity index (χ1v) is 6.25. The lowest BCUT2D eigenvalue weighted by atomic mass is 10.3. The number of aromatic amines is 1. The van der Waals surface area contributed by atoms with Gasteiger partial charge < -0.3 is 9.55 Å². The van der Waals surface area contributed by atoms with Crippen molar-refractivity contribution in [2.24, 2.45) is 0 Å². The summed E-state index contributed by atoms with van der Waals surface area (Å²) in [6.07, 6.45) is 2.24. The van der Waals surface area contributed by atoms with E-state index < -0.39 is 0 Å². The number of H-pyrrole nitrogens is 1. The molecule has 0 amide bonds. The van der Waals surface area contributed by atoms with Gasteiger partial charge in [0.2, 0.25) is 5.82 Å². The van der Waals surface area contributed by atoms with Crippen molar-refractivity contribution in [3.05, 3.63) is 46.9 Å². The third-order valence-corrected chi connectivity index (χ3v) is 3.18. The van der Waals surface area contributed by atoms with Gasteiger partial charge >= 0.3 is 5.69 Å². The first-order chi connectivity index (χ1) is 9.79. The molecule has 0 saturated carbocycles. The third kappa shape index (κ3) is 2.07. The molecule has 1 N–H and O–H groups in total. The molecule has 1 aromatic carbocycles. The van der Waals surface area contributed by atoms with Crippen molar-refractivity contribution in [3.8, 4) is 6.07 Å². The van der Waals surface area contributed by atoms with E-state index in [0.29, 0.717) is 19.5 Å². The topological polar surface area (TPSA) is 92.3 Å². The molecule has 3 rings (SSSR count). The Kier molecular flexibility index (Phi) is 3.05. The number of benzene rings is 1. The Bertz CT molecular complexity index is 834. The number of hydrogen-bond acceptors (Lipinski definition) is 4. The van der Waals surface area contributed by atoms with Gasteiger partial charge in [-0.2, -0.15) is 5.26 Å². The Morgan fingerprint density at radius 1 is 1.30 bits per heavy atom. The molecular weight excluding hydrogens is 256 g/mol. The first-order valence-electron chi connectivity index (χ1n) is 6.25. The van der Waals surface area contributed by atoms with Crippen LogP contribution >= 0.6 is 0 Å². The Labute approximate surface area is 114 Å². The van der Waals surface area contributed by atoms with E-state index in [1.807, 2.05) is 30.3 Å². The average molecular weight is 268 g/mol. The lowest BCUT2D eigenvalue weighted by Crippen LogP contribution is -2.17. The summed E-state index contributed by atoms with van der Waals surface area (Å²) in [6.45, 7) is 1.17. The molecule has 7 nitrogen and oxygen atoms in total. The molecule has 0 aliphatic rings. The number of imidazole rings is 1. The molecule has 2 heterocycles. The van der Waals surface area contributed by atoms with Crippen molar-refractivity contribution in [2.75, 3.05) is 0 Å². The summed E-state index contributed by atoms with van der Waals surface area (Å²) in [4.78, 5) is 14.7. The minimum Gasteiger partial charge on any atom is -0.306 e. The van der Waals surface area contributed by atoms with E-state index >= 15 is 0 Å². The van der Waals surface area contributed by atoms with Crippen molar-refractivity contribution < 1.29 is 0 Å². The highest BCUT2D eigenvalue weighted by Crippen LogP contribution is 2.09. The standard InChI is InChI=1S/C13H12N6O/c14-8-12-17-15-9-18(12)6-3-7-19-11-5-2-1-4-10(11)16-13(19)20/h1-2,4-5,9H,3,6-7H2,(H,16,20). The van der Waals surface area contributed by atoms with Crippen molar-refractivity contribution >= 4 is 11.0 Å². The van der Waals surface area contributed by atoms with Crippen LogP contribution in [0.2, 0.25) is 0 Å². The molecule has 0 unspecified atom stereocenters. The monoisotopic (exact) mass is 268 g/mol. The summed E-state index contributed by atoms with van der Waals surface area (Å²) in [5.74, 6) is 0.288. The predicted molar refractivity (Wildman–Crippen MR) is 71.9 cm³/mol. The number of rotatable bonds is 4. The maximum Gasteiger partial charge on any atom is 0.326 e. The normalized spacial score (nSPS) is 10.8. The number of hydrogen-bond donors (Lipinski definition) is 1. The summed E-state index contributed by atoms with van der Waals surface area (Å²) in [5.41, 5.74) is 1.61. The summed E-state index contributed by atoms with van der Waals surface area (Å²) < 4.78 is 3.38. The van der Waals surface area contributed by atoms with E-state index in [-0.39, 0.29) is 11.5 Å². The van der Waals surface area contributed by atoms with Crippen LogP contribution in [0.15, 0.2) is 35.4 Å². The fraction of sp³-hybridized carbons (Fsp3) is 0.231. The van der Waals surface area contributed by atoms with Crippen LogP contribution in [-0.2, 0) is 13.1 Å². The van der Waals surface area contributed by atoms with Gasteiger partial charge in [0.15, 0.2) is 0 Å². The van der Waals surface area contributed by atoms with Gasteiger partial charge in [0.1, 0.15) is 12.4 Å². The molecule has 0 radical (unpaired) electrons. The summed E-state index contributed by atoms with van der Waals surface area (Å²) in [6, 6.07) is 9.55. The van der Waals surface area contributed by atoms with Gasteiger partial charge in [0.25, 0.3) is 0 Å². The average Bonchev–Trinajstić information content (AvgIpc) is 3.03. The second-order valence-corrected chi connectivity index (χ2v) is 4.41. The zero-order valence-electron chi connectivity index (χ0n) is 10.7. The van der Waals surface area contributed by atoms with E-state index in [0.717, 1.165) is 11.0 Å². The third-order valence-electron chi connectivity index (χ3n) is 3.18. The Balaban J connectivity index is 1.76. The second kappa shape index (κ2) is 5.01. The molecule has 2 aromatic heterocycles. The molecule has 0 atom stereocenters. The first kappa shape index (κ1) is 12.2. The van der Waals surface area contributed by atoms with Crippen LogP contribution in [0, 0.1) is 11.3 Å². The zero-order valence-corrected chi connectivity index (χ0v) is 10.7. The van der Waals surface area contributed by atoms with Gasteiger partial charge in [-0.25, -0.2) is 4.79 Å². The maximum absolute atomic E-state index is 11.9. The van der Waals surface area contributed by atoms with Gasteiger partial charge in [-0.3, -0.25) is 4.57 Å². The fourth-order valence-electron chi connectivity index (χ4n) is 2.23. The number of para-hydroxylation sites is 2. The number of nitriles is 1. The molecule has 7 heteroatoms. The molecule has 100 valence electrons. The number of nitrogens with zero attached hydrogens (tertiary/aromatic N) is 5. The highest BCUT2D eigenvalue weighted by atomic mass is 16.1. The predicted octanol–water partition coefficient (Wildman–Crippen LogP) is 0.883. The lowest BCUT2D eigenvalue weighted by Gasteiger charge is -2.04. The molecular formula is C13H12N6O. The van der Waals surface area contributed by atoms with Gasteiger partial charge in [-0.05, 0) is 18.6 Å². The van der Waals surface area contributed by atoms with Crippen LogP contribution in [0.1, 0.15) is 12.2 Å². The Hall–Kier alpha value is -2.88. The maximum atomic E-state index is 11.9. The number of aryl methyl sites for hydroxylation is 2. The minimum absolute atomic E-state index is 0.115. The van der Waals surface area contributed by atoms with Gasteiger partial charge in [-0.1, -0.05) is 12.1 Å². The molecule has 0 aliphatic heterocycles. The SMILES string of the molecule is N#Cc1nncn1CCCn1c(=O)[nH]c2ccccc21. The van der Waals surface area contributed by atoms with Crippen LogP contribution in [0.4, 0.5) is 0 Å². The van der Waals surface area contributed by atoms with Crippen LogP contribution in [-0.4, -0.2) is 24.3 Å². The highest BCUT2D eigenvalue weighted by Gasteiger charge is 2.06. The second-order valence-electron chi connectivity index (χ2n) is 4.41. The van der Waals surface area contributed by atoms with Gasteiger partial charge in [-0.15, -0.1) is 10.2 Å². The quantitative estimate of drug-likeness (QED) is 0.760. The van der Waals surface area contributed by atoms with Gasteiger partial charge in [0.05, 0.1) is 11.0 Å². The number of aromatic nitrogens is 5. The highest BCUT2D eigenvalue weighted by molar-refractivity contribution is 5.74. The Morgan fingerprint density at radius 2 is 2.15 bits per heavy atom. The van der Waals surface area contributed by atoms with E-state index in [2.05, 4.69) is 15.2 Å². The van der Waals surface area contributed by atoms with E-state index in [4.69, 9.17) is 5.26 Å². The smallest absolute Gasteiger partial charge is 0.306 e. The van der Waals surface area contributed by atoms with Gasteiger partial charge in [0, 0.05) is 13.1 Å². The van der Waals surface area contributed by atoms with E-state index in [9.17, 15) is 4.79 Å². The summed E-state index contributed by atoms with van der Waals surface area (Å²) in [7, 11) is 0. The van der Waals surface area contributed by atoms with Crippen LogP contribution in [0.5, 0.6) is 0 Å². The number of nitrogens with one attached hydrogen (secondary N) is 1. The lowest BCUT2D eigenvalue weighted by molar-refractivity contribution is 0.558. The van der Waals surface area contributed by atoms with Crippen LogP contribution in [0.3, 0.4) is 0 Å². The van der Waals surface area contributed by atoms with Crippen molar-refractivity contribution in [3.63, 3.8) is 0 Å². The van der Waals surface area contributed by atoms with Crippen molar-refractivity contribution in [1.29, 1.82) is 5.26 Å². The zero-order chi connectivity index (χ0) is 13.9. The molecule has 0 saturated heterocycles. The largest absolute Gasteiger partial charge is 0.326 e. The molecule has 3 aromatic rings. The summed E-state index contributed by atoms with van der Waals surface area (Å²) in [5, 5.41) is 16.2. The molecule has 0 fully saturated rings. The Morgan fingerprint density at radius 3 is 3.00 bits per heavy atom. The van der Waals surface area contributed by atoms with Crippen LogP contribution in [0.25, 0.3) is 11.0 Å². The summed E-state index contributed by atoms with van der Waals surface area (Å²) >= 11 is 0. The number of fused-ring (bicyclic) bond motifs is 1. The molecule has 0 bridgehead atoms. The molecule has 0 spiro atoms. The minimum atomic E-state index is -0.115. The van der Waals surface area contributed by atoms with Crippen molar-refractivity contribution in [2.45, 2.75) is 19.5 Å². The molecule has 20 heavy (non-hydrogen) atoms. The van der Waals surface area contributed by atoms with E-state index in [1.165, 1.54) is 6.33 Å². The van der Waals surface area contributed by atoms with E-state index in [1.54, 1.807) is 9.13 Å². The van der Waals surface area contributed by atoms with Crippen LogP contribution < -0.4 is 5.69 Å². The fourth-order valence-corrected chi connectivity index (χ4v) is 2.23.